The first-order valence-electron chi connectivity index (χ1n) is 5.91. The second-order valence-corrected chi connectivity index (χ2v) is 4.30. The number of likely N-dealkylation sites (N-methyl/N-ethyl adjacent to an activating group) is 1. The average molecular weight is 285 g/mol. The molecule has 0 saturated heterocycles. The van der Waals surface area contributed by atoms with Crippen molar-refractivity contribution in [1.29, 1.82) is 0 Å². The third-order valence-corrected chi connectivity index (χ3v) is 2.72. The van der Waals surface area contributed by atoms with Gasteiger partial charge in [0.1, 0.15) is 11.9 Å². The van der Waals surface area contributed by atoms with E-state index in [1.165, 1.54) is 12.3 Å². The van der Waals surface area contributed by atoms with Crippen LogP contribution in [0.15, 0.2) is 12.3 Å². The molecule has 0 bridgehead atoms. The molecule has 1 rings (SSSR count). The smallest absolute Gasteiger partial charge is 0.253 e. The normalized spacial score (nSPS) is 11.6. The van der Waals surface area contributed by atoms with Crippen molar-refractivity contribution in [2.45, 2.75) is 19.9 Å². The summed E-state index contributed by atoms with van der Waals surface area (Å²) in [5.74, 6) is -0.132. The summed E-state index contributed by atoms with van der Waals surface area (Å²) in [5.41, 5.74) is 0.306. The Morgan fingerprint density at radius 3 is 2.68 bits per heavy atom. The van der Waals surface area contributed by atoms with E-state index >= 15 is 0 Å². The van der Waals surface area contributed by atoms with Crippen LogP contribution in [-0.2, 0) is 4.79 Å². The van der Waals surface area contributed by atoms with E-state index < -0.39 is 11.9 Å². The zero-order valence-corrected chi connectivity index (χ0v) is 11.8. The van der Waals surface area contributed by atoms with E-state index in [2.05, 4.69) is 20.9 Å². The molecular weight excluding hydrogens is 268 g/mol. The molecule has 0 radical (unpaired) electrons. The van der Waals surface area contributed by atoms with Crippen molar-refractivity contribution in [3.8, 4) is 0 Å². The molecule has 0 aromatic carbocycles. The highest BCUT2D eigenvalue weighted by atomic mass is 35.5. The van der Waals surface area contributed by atoms with Crippen molar-refractivity contribution < 1.29 is 9.59 Å². The van der Waals surface area contributed by atoms with E-state index in [-0.39, 0.29) is 5.91 Å². The van der Waals surface area contributed by atoms with Gasteiger partial charge in [0.25, 0.3) is 5.91 Å². The van der Waals surface area contributed by atoms with Crippen molar-refractivity contribution in [2.24, 2.45) is 0 Å². The Morgan fingerprint density at radius 2 is 2.16 bits per heavy atom. The van der Waals surface area contributed by atoms with Gasteiger partial charge in [-0.15, -0.1) is 0 Å². The van der Waals surface area contributed by atoms with Crippen LogP contribution in [0.4, 0.5) is 5.82 Å². The van der Waals surface area contributed by atoms with Gasteiger partial charge in [-0.05, 0) is 19.9 Å². The number of hydrogen-bond donors (Lipinski definition) is 3. The second kappa shape index (κ2) is 6.94. The van der Waals surface area contributed by atoms with E-state index in [9.17, 15) is 9.59 Å². The Hall–Kier alpha value is -1.82. The number of rotatable bonds is 5. The van der Waals surface area contributed by atoms with Gasteiger partial charge in [0.05, 0.1) is 10.6 Å². The Balaban J connectivity index is 2.73. The molecular formula is C12H17ClN4O2. The van der Waals surface area contributed by atoms with Gasteiger partial charge >= 0.3 is 0 Å². The van der Waals surface area contributed by atoms with Crippen LogP contribution in [0.25, 0.3) is 0 Å². The van der Waals surface area contributed by atoms with Gasteiger partial charge < -0.3 is 16.0 Å². The molecule has 3 N–H and O–H groups in total. The van der Waals surface area contributed by atoms with Crippen LogP contribution >= 0.6 is 11.6 Å². The van der Waals surface area contributed by atoms with Crippen LogP contribution in [-0.4, -0.2) is 36.4 Å². The van der Waals surface area contributed by atoms with Gasteiger partial charge in [-0.25, -0.2) is 4.98 Å². The van der Waals surface area contributed by atoms with Gasteiger partial charge in [-0.1, -0.05) is 11.6 Å². The molecule has 7 heteroatoms. The largest absolute Gasteiger partial charge is 0.372 e. The molecule has 1 heterocycles. The summed E-state index contributed by atoms with van der Waals surface area (Å²) >= 11 is 5.94. The number of pyridine rings is 1. The Morgan fingerprint density at radius 1 is 1.47 bits per heavy atom. The summed E-state index contributed by atoms with van der Waals surface area (Å²) in [5, 5.41) is 8.35. The van der Waals surface area contributed by atoms with E-state index in [1.54, 1.807) is 14.0 Å². The number of nitrogens with one attached hydrogen (secondary N) is 3. The van der Waals surface area contributed by atoms with Crippen LogP contribution in [0, 0.1) is 0 Å². The second-order valence-electron chi connectivity index (χ2n) is 3.89. The van der Waals surface area contributed by atoms with Crippen molar-refractivity contribution >= 4 is 29.2 Å². The first-order chi connectivity index (χ1) is 8.99. The molecule has 1 atom stereocenters. The fraction of sp³-hybridized carbons (Fsp3) is 0.417. The van der Waals surface area contributed by atoms with Crippen LogP contribution in [0.3, 0.4) is 0 Å². The van der Waals surface area contributed by atoms with Crippen molar-refractivity contribution in [3.05, 3.63) is 22.8 Å². The number of aromatic nitrogens is 1. The predicted molar refractivity (Wildman–Crippen MR) is 74.4 cm³/mol. The number of carbonyl (C=O) groups is 2. The number of halogens is 1. The summed E-state index contributed by atoms with van der Waals surface area (Å²) in [4.78, 5) is 27.4. The van der Waals surface area contributed by atoms with E-state index in [4.69, 9.17) is 11.6 Å². The molecule has 1 aromatic heterocycles. The van der Waals surface area contributed by atoms with Crippen molar-refractivity contribution in [1.82, 2.24) is 15.6 Å². The molecule has 0 saturated carbocycles. The van der Waals surface area contributed by atoms with E-state index in [1.807, 2.05) is 6.92 Å². The fourth-order valence-electron chi connectivity index (χ4n) is 1.42. The fourth-order valence-corrected chi connectivity index (χ4v) is 1.68. The first kappa shape index (κ1) is 15.2. The van der Waals surface area contributed by atoms with Crippen molar-refractivity contribution in [2.75, 3.05) is 18.9 Å². The summed E-state index contributed by atoms with van der Waals surface area (Å²) in [6.07, 6.45) is 1.40. The molecule has 6 nitrogen and oxygen atoms in total. The number of nitrogens with zero attached hydrogens (tertiary/aromatic N) is 1. The minimum atomic E-state index is -0.616. The SMILES string of the molecule is CCNC(=O)C(C)NC(=O)c1cnc(NC)c(Cl)c1. The van der Waals surface area contributed by atoms with Crippen LogP contribution < -0.4 is 16.0 Å². The standard InChI is InChI=1S/C12H17ClN4O2/c1-4-15-11(18)7(2)17-12(19)8-5-9(13)10(14-3)16-6-8/h5-7H,4H2,1-3H3,(H,14,16)(H,15,18)(H,17,19). The van der Waals surface area contributed by atoms with Gasteiger partial charge in [0.15, 0.2) is 0 Å². The van der Waals surface area contributed by atoms with Crippen LogP contribution in [0.5, 0.6) is 0 Å². The molecule has 0 aliphatic carbocycles. The van der Waals surface area contributed by atoms with Crippen LogP contribution in [0.2, 0.25) is 5.02 Å². The number of amides is 2. The first-order valence-corrected chi connectivity index (χ1v) is 6.29. The lowest BCUT2D eigenvalue weighted by Gasteiger charge is -2.13. The minimum absolute atomic E-state index is 0.234. The molecule has 1 unspecified atom stereocenters. The highest BCUT2D eigenvalue weighted by molar-refractivity contribution is 6.33. The summed E-state index contributed by atoms with van der Waals surface area (Å²) < 4.78 is 0. The summed E-state index contributed by atoms with van der Waals surface area (Å²) in [7, 11) is 1.69. The average Bonchev–Trinajstić information content (AvgIpc) is 2.38. The van der Waals surface area contributed by atoms with E-state index in [0.29, 0.717) is 22.9 Å². The third kappa shape index (κ3) is 4.10. The zero-order valence-electron chi connectivity index (χ0n) is 11.1. The number of hydrogen-bond acceptors (Lipinski definition) is 4. The third-order valence-electron chi connectivity index (χ3n) is 2.43. The molecule has 0 spiro atoms. The molecule has 0 aliphatic heterocycles. The Bertz CT molecular complexity index is 479. The maximum atomic E-state index is 11.9. The Kier molecular flexibility index (Phi) is 5.57. The lowest BCUT2D eigenvalue weighted by Crippen LogP contribution is -2.44. The molecule has 19 heavy (non-hydrogen) atoms. The lowest BCUT2D eigenvalue weighted by atomic mass is 10.2. The minimum Gasteiger partial charge on any atom is -0.372 e. The topological polar surface area (TPSA) is 83.1 Å². The zero-order chi connectivity index (χ0) is 14.4. The monoisotopic (exact) mass is 284 g/mol. The van der Waals surface area contributed by atoms with Crippen molar-refractivity contribution in [3.63, 3.8) is 0 Å². The quantitative estimate of drug-likeness (QED) is 0.754. The molecule has 1 aromatic rings. The summed E-state index contributed by atoms with van der Waals surface area (Å²) in [6.45, 7) is 3.94. The summed E-state index contributed by atoms with van der Waals surface area (Å²) in [6, 6.07) is 0.885. The lowest BCUT2D eigenvalue weighted by molar-refractivity contribution is -0.122. The molecule has 104 valence electrons. The van der Waals surface area contributed by atoms with Crippen LogP contribution in [0.1, 0.15) is 24.2 Å². The van der Waals surface area contributed by atoms with Gasteiger partial charge in [-0.2, -0.15) is 0 Å². The highest BCUT2D eigenvalue weighted by Crippen LogP contribution is 2.19. The van der Waals surface area contributed by atoms with E-state index in [0.717, 1.165) is 0 Å². The molecule has 2 amide bonds. The Labute approximate surface area is 116 Å². The van der Waals surface area contributed by atoms with Gasteiger partial charge in [0, 0.05) is 19.8 Å². The maximum absolute atomic E-state index is 11.9. The van der Waals surface area contributed by atoms with Gasteiger partial charge in [-0.3, -0.25) is 9.59 Å². The highest BCUT2D eigenvalue weighted by Gasteiger charge is 2.16. The van der Waals surface area contributed by atoms with Gasteiger partial charge in [0.2, 0.25) is 5.91 Å². The molecule has 0 fully saturated rings. The maximum Gasteiger partial charge on any atom is 0.253 e. The predicted octanol–water partition coefficient (Wildman–Crippen LogP) is 1.03. The molecule has 0 aliphatic rings. The number of carbonyl (C=O) groups excluding carboxylic acids is 2. The number of anilines is 1.